The van der Waals surface area contributed by atoms with Gasteiger partial charge in [0.05, 0.1) is 0 Å². The predicted octanol–water partition coefficient (Wildman–Crippen LogP) is 2.39. The summed E-state index contributed by atoms with van der Waals surface area (Å²) in [5, 5.41) is 12.9. The van der Waals surface area contributed by atoms with Gasteiger partial charge in [-0.2, -0.15) is 0 Å². The van der Waals surface area contributed by atoms with Gasteiger partial charge in [0.15, 0.2) is 0 Å². The van der Waals surface area contributed by atoms with Crippen LogP contribution in [0.15, 0.2) is 42.7 Å². The van der Waals surface area contributed by atoms with E-state index in [2.05, 4.69) is 17.2 Å². The third kappa shape index (κ3) is 3.04. The SMILES string of the molecule is Cc1ccncc1CNCc1ccccc1O. The van der Waals surface area contributed by atoms with E-state index in [1.165, 1.54) is 11.1 Å². The highest BCUT2D eigenvalue weighted by Gasteiger charge is 2.00. The van der Waals surface area contributed by atoms with Crippen LogP contribution in [-0.2, 0) is 13.1 Å². The predicted molar refractivity (Wildman–Crippen MR) is 67.6 cm³/mol. The van der Waals surface area contributed by atoms with Crippen LogP contribution in [0.25, 0.3) is 0 Å². The maximum atomic E-state index is 9.61. The van der Waals surface area contributed by atoms with Gasteiger partial charge in [-0.3, -0.25) is 4.98 Å². The van der Waals surface area contributed by atoms with E-state index < -0.39 is 0 Å². The molecule has 0 aliphatic carbocycles. The summed E-state index contributed by atoms with van der Waals surface area (Å²) in [6.45, 7) is 3.48. The van der Waals surface area contributed by atoms with Crippen LogP contribution in [0, 0.1) is 6.92 Å². The fraction of sp³-hybridized carbons (Fsp3) is 0.214. The Bertz CT molecular complexity index is 452. The molecule has 0 bridgehead atoms. The number of aryl methyl sites for hydroxylation is 1. The molecule has 17 heavy (non-hydrogen) atoms. The Hall–Kier alpha value is -1.87. The van der Waals surface area contributed by atoms with Crippen molar-refractivity contribution in [3.8, 4) is 5.75 Å². The molecule has 0 radical (unpaired) electrons. The number of para-hydroxylation sites is 1. The van der Waals surface area contributed by atoms with Crippen LogP contribution in [0.3, 0.4) is 0 Å². The highest BCUT2D eigenvalue weighted by atomic mass is 16.3. The first-order valence-corrected chi connectivity index (χ1v) is 5.64. The number of benzene rings is 1. The number of phenols is 1. The summed E-state index contributed by atoms with van der Waals surface area (Å²) in [4.78, 5) is 4.10. The highest BCUT2D eigenvalue weighted by molar-refractivity contribution is 5.31. The largest absolute Gasteiger partial charge is 0.508 e. The molecule has 0 aliphatic heterocycles. The molecule has 0 unspecified atom stereocenters. The summed E-state index contributed by atoms with van der Waals surface area (Å²) in [7, 11) is 0. The van der Waals surface area contributed by atoms with Crippen molar-refractivity contribution in [3.63, 3.8) is 0 Å². The number of hydrogen-bond acceptors (Lipinski definition) is 3. The van der Waals surface area contributed by atoms with Crippen LogP contribution in [0.4, 0.5) is 0 Å². The molecular weight excluding hydrogens is 212 g/mol. The third-order valence-corrected chi connectivity index (χ3v) is 2.77. The molecule has 2 N–H and O–H groups in total. The minimum absolute atomic E-state index is 0.336. The molecule has 2 rings (SSSR count). The van der Waals surface area contributed by atoms with Gasteiger partial charge >= 0.3 is 0 Å². The summed E-state index contributed by atoms with van der Waals surface area (Å²) in [5.41, 5.74) is 3.32. The van der Waals surface area contributed by atoms with Gasteiger partial charge in [0.25, 0.3) is 0 Å². The maximum Gasteiger partial charge on any atom is 0.120 e. The number of rotatable bonds is 4. The number of phenolic OH excluding ortho intramolecular Hbond substituents is 1. The van der Waals surface area contributed by atoms with Crippen LogP contribution in [0.5, 0.6) is 5.75 Å². The number of aromatic nitrogens is 1. The standard InChI is InChI=1S/C14H16N2O/c1-11-6-7-15-9-13(11)10-16-8-12-4-2-3-5-14(12)17/h2-7,9,16-17H,8,10H2,1H3. The lowest BCUT2D eigenvalue weighted by molar-refractivity contribution is 0.464. The Morgan fingerprint density at radius 2 is 1.88 bits per heavy atom. The number of hydrogen-bond donors (Lipinski definition) is 2. The number of pyridine rings is 1. The Morgan fingerprint density at radius 3 is 2.65 bits per heavy atom. The quantitative estimate of drug-likeness (QED) is 0.844. The zero-order chi connectivity index (χ0) is 12.1. The van der Waals surface area contributed by atoms with Gasteiger partial charge in [-0.25, -0.2) is 0 Å². The second kappa shape index (κ2) is 5.46. The summed E-state index contributed by atoms with van der Waals surface area (Å²) in [6.07, 6.45) is 3.66. The van der Waals surface area contributed by atoms with Gasteiger partial charge in [-0.15, -0.1) is 0 Å². The van der Waals surface area contributed by atoms with Crippen LogP contribution < -0.4 is 5.32 Å². The van der Waals surface area contributed by atoms with E-state index in [4.69, 9.17) is 0 Å². The van der Waals surface area contributed by atoms with E-state index in [1.54, 1.807) is 12.3 Å². The minimum Gasteiger partial charge on any atom is -0.508 e. The monoisotopic (exact) mass is 228 g/mol. The molecule has 0 spiro atoms. The summed E-state index contributed by atoms with van der Waals surface area (Å²) >= 11 is 0. The average Bonchev–Trinajstić information content (AvgIpc) is 2.34. The molecule has 3 nitrogen and oxygen atoms in total. The number of nitrogens with zero attached hydrogens (tertiary/aromatic N) is 1. The molecule has 1 aromatic carbocycles. The summed E-state index contributed by atoms with van der Waals surface area (Å²) < 4.78 is 0. The van der Waals surface area contributed by atoms with Crippen LogP contribution in [0.1, 0.15) is 16.7 Å². The Balaban J connectivity index is 1.93. The smallest absolute Gasteiger partial charge is 0.120 e. The van der Waals surface area contributed by atoms with Crippen LogP contribution in [0.2, 0.25) is 0 Å². The lowest BCUT2D eigenvalue weighted by Gasteiger charge is -2.08. The Morgan fingerprint density at radius 1 is 1.12 bits per heavy atom. The zero-order valence-corrected chi connectivity index (χ0v) is 9.85. The van der Waals surface area contributed by atoms with Gasteiger partial charge in [0, 0.05) is 31.0 Å². The van der Waals surface area contributed by atoms with E-state index in [-0.39, 0.29) is 0 Å². The molecular formula is C14H16N2O. The molecule has 2 aromatic rings. The van der Waals surface area contributed by atoms with Crippen molar-refractivity contribution in [2.45, 2.75) is 20.0 Å². The van der Waals surface area contributed by atoms with Crippen molar-refractivity contribution in [3.05, 3.63) is 59.4 Å². The molecule has 0 fully saturated rings. The summed E-state index contributed by atoms with van der Waals surface area (Å²) in [5.74, 6) is 0.336. The van der Waals surface area contributed by atoms with Crippen molar-refractivity contribution in [1.29, 1.82) is 0 Å². The molecule has 1 heterocycles. The van der Waals surface area contributed by atoms with Crippen molar-refractivity contribution in [2.75, 3.05) is 0 Å². The van der Waals surface area contributed by atoms with E-state index in [0.717, 1.165) is 12.1 Å². The fourth-order valence-corrected chi connectivity index (χ4v) is 1.67. The van der Waals surface area contributed by atoms with Gasteiger partial charge in [0.2, 0.25) is 0 Å². The van der Waals surface area contributed by atoms with Crippen molar-refractivity contribution in [2.24, 2.45) is 0 Å². The van der Waals surface area contributed by atoms with Gasteiger partial charge in [-0.1, -0.05) is 18.2 Å². The molecule has 88 valence electrons. The van der Waals surface area contributed by atoms with E-state index >= 15 is 0 Å². The molecule has 3 heteroatoms. The highest BCUT2D eigenvalue weighted by Crippen LogP contribution is 2.15. The third-order valence-electron chi connectivity index (χ3n) is 2.77. The fourth-order valence-electron chi connectivity index (χ4n) is 1.67. The first kappa shape index (κ1) is 11.6. The Kier molecular flexibility index (Phi) is 3.73. The topological polar surface area (TPSA) is 45.2 Å². The summed E-state index contributed by atoms with van der Waals surface area (Å²) in [6, 6.07) is 9.36. The zero-order valence-electron chi connectivity index (χ0n) is 9.85. The molecule has 0 saturated heterocycles. The average molecular weight is 228 g/mol. The van der Waals surface area contributed by atoms with E-state index in [1.807, 2.05) is 30.5 Å². The lowest BCUT2D eigenvalue weighted by atomic mass is 10.1. The van der Waals surface area contributed by atoms with Crippen LogP contribution in [-0.4, -0.2) is 10.1 Å². The molecule has 0 atom stereocenters. The Labute approximate surface area is 101 Å². The second-order valence-corrected chi connectivity index (χ2v) is 4.03. The molecule has 0 saturated carbocycles. The van der Waals surface area contributed by atoms with Crippen molar-refractivity contribution < 1.29 is 5.11 Å². The lowest BCUT2D eigenvalue weighted by Crippen LogP contribution is -2.13. The van der Waals surface area contributed by atoms with Gasteiger partial charge in [0.1, 0.15) is 5.75 Å². The van der Waals surface area contributed by atoms with E-state index in [9.17, 15) is 5.11 Å². The molecule has 1 aromatic heterocycles. The van der Waals surface area contributed by atoms with Crippen molar-refractivity contribution in [1.82, 2.24) is 10.3 Å². The van der Waals surface area contributed by atoms with E-state index in [0.29, 0.717) is 12.3 Å². The normalized spacial score (nSPS) is 10.4. The molecule has 0 aliphatic rings. The maximum absolute atomic E-state index is 9.61. The van der Waals surface area contributed by atoms with Gasteiger partial charge < -0.3 is 10.4 Å². The van der Waals surface area contributed by atoms with Crippen molar-refractivity contribution >= 4 is 0 Å². The molecule has 0 amide bonds. The number of nitrogens with one attached hydrogen (secondary N) is 1. The second-order valence-electron chi connectivity index (χ2n) is 4.03. The first-order valence-electron chi connectivity index (χ1n) is 5.64. The first-order chi connectivity index (χ1) is 8.27. The van der Waals surface area contributed by atoms with Gasteiger partial charge in [-0.05, 0) is 30.2 Å². The minimum atomic E-state index is 0.336. The number of aromatic hydroxyl groups is 1. The van der Waals surface area contributed by atoms with Crippen LogP contribution >= 0.6 is 0 Å².